The van der Waals surface area contributed by atoms with E-state index < -0.39 is 0 Å². The highest BCUT2D eigenvalue weighted by atomic mass is 16.2. The normalized spacial score (nSPS) is 10.0. The molecule has 0 aliphatic heterocycles. The molecule has 0 bridgehead atoms. The Hall–Kier alpha value is -3.80. The third-order valence-electron chi connectivity index (χ3n) is 3.99. The van der Waals surface area contributed by atoms with Gasteiger partial charge in [-0.15, -0.1) is 0 Å². The lowest BCUT2D eigenvalue weighted by Gasteiger charge is -2.09. The van der Waals surface area contributed by atoms with E-state index in [9.17, 15) is 9.59 Å². The lowest BCUT2D eigenvalue weighted by Crippen LogP contribution is -2.28. The monoisotopic (exact) mass is 374 g/mol. The van der Waals surface area contributed by atoms with Gasteiger partial charge >= 0.3 is 12.1 Å². The van der Waals surface area contributed by atoms with Crippen LogP contribution in [0, 0.1) is 0 Å². The molecule has 6 nitrogen and oxygen atoms in total. The van der Waals surface area contributed by atoms with E-state index in [2.05, 4.69) is 21.3 Å². The summed E-state index contributed by atoms with van der Waals surface area (Å²) in [4.78, 5) is 23.8. The Kier molecular flexibility index (Phi) is 6.62. The highest BCUT2D eigenvalue weighted by Crippen LogP contribution is 2.07. The predicted molar refractivity (Wildman–Crippen MR) is 111 cm³/mol. The Morgan fingerprint density at radius 3 is 1.25 bits per heavy atom. The molecule has 0 atom stereocenters. The van der Waals surface area contributed by atoms with Crippen molar-refractivity contribution in [2.75, 3.05) is 10.6 Å². The molecule has 0 heterocycles. The average Bonchev–Trinajstić information content (AvgIpc) is 2.73. The van der Waals surface area contributed by atoms with Crippen molar-refractivity contribution in [1.29, 1.82) is 0 Å². The second-order valence-electron chi connectivity index (χ2n) is 6.16. The maximum Gasteiger partial charge on any atom is 0.319 e. The smallest absolute Gasteiger partial charge is 0.319 e. The van der Waals surface area contributed by atoms with Gasteiger partial charge < -0.3 is 21.3 Å². The summed E-state index contributed by atoms with van der Waals surface area (Å²) in [5, 5.41) is 11.2. The fourth-order valence-corrected chi connectivity index (χ4v) is 2.53. The first-order valence-corrected chi connectivity index (χ1v) is 8.97. The minimum Gasteiger partial charge on any atom is -0.334 e. The van der Waals surface area contributed by atoms with Crippen LogP contribution in [-0.2, 0) is 13.1 Å². The molecule has 0 unspecified atom stereocenters. The van der Waals surface area contributed by atoms with Gasteiger partial charge in [0, 0.05) is 24.5 Å². The van der Waals surface area contributed by atoms with Gasteiger partial charge in [0.15, 0.2) is 0 Å². The number of rotatable bonds is 6. The topological polar surface area (TPSA) is 82.3 Å². The first-order valence-electron chi connectivity index (χ1n) is 8.97. The van der Waals surface area contributed by atoms with Crippen LogP contribution in [0.15, 0.2) is 84.9 Å². The van der Waals surface area contributed by atoms with Crippen molar-refractivity contribution in [3.8, 4) is 0 Å². The molecule has 3 aromatic rings. The largest absolute Gasteiger partial charge is 0.334 e. The van der Waals surface area contributed by atoms with E-state index in [1.54, 1.807) is 0 Å². The van der Waals surface area contributed by atoms with Crippen LogP contribution in [0.2, 0.25) is 0 Å². The molecular formula is C22H22N4O2. The minimum absolute atomic E-state index is 0.255. The number of benzene rings is 3. The standard InChI is InChI=1S/C22H22N4O2/c27-21(25-19-7-3-1-4-8-19)23-15-17-11-13-18(14-12-17)16-24-22(28)26-20-9-5-2-6-10-20/h1-14H,15-16H2,(H2,23,25,27)(H2,24,26,28). The van der Waals surface area contributed by atoms with Crippen molar-refractivity contribution in [2.45, 2.75) is 13.1 Å². The fourth-order valence-electron chi connectivity index (χ4n) is 2.53. The summed E-state index contributed by atoms with van der Waals surface area (Å²) in [5.74, 6) is 0. The van der Waals surface area contributed by atoms with Gasteiger partial charge in [-0.3, -0.25) is 0 Å². The van der Waals surface area contributed by atoms with Gasteiger partial charge in [0.1, 0.15) is 0 Å². The number of anilines is 2. The molecule has 4 amide bonds. The van der Waals surface area contributed by atoms with Crippen LogP contribution in [0.25, 0.3) is 0 Å². The van der Waals surface area contributed by atoms with Gasteiger partial charge in [0.25, 0.3) is 0 Å². The first-order chi connectivity index (χ1) is 13.7. The second-order valence-corrected chi connectivity index (χ2v) is 6.16. The zero-order valence-corrected chi connectivity index (χ0v) is 15.3. The van der Waals surface area contributed by atoms with E-state index in [4.69, 9.17) is 0 Å². The Balaban J connectivity index is 1.40. The number of carbonyl (C=O) groups excluding carboxylic acids is 2. The lowest BCUT2D eigenvalue weighted by molar-refractivity contribution is 0.251. The molecule has 142 valence electrons. The van der Waals surface area contributed by atoms with Gasteiger partial charge in [-0.25, -0.2) is 9.59 Å². The maximum absolute atomic E-state index is 11.9. The van der Waals surface area contributed by atoms with Crippen LogP contribution in [0.1, 0.15) is 11.1 Å². The van der Waals surface area contributed by atoms with Gasteiger partial charge in [0.2, 0.25) is 0 Å². The molecule has 0 spiro atoms. The molecule has 0 saturated carbocycles. The summed E-state index contributed by atoms with van der Waals surface area (Å²) in [6.07, 6.45) is 0. The molecule has 0 saturated heterocycles. The predicted octanol–water partition coefficient (Wildman–Crippen LogP) is 4.33. The van der Waals surface area contributed by atoms with Crippen molar-refractivity contribution in [3.63, 3.8) is 0 Å². The third kappa shape index (κ3) is 6.17. The van der Waals surface area contributed by atoms with Crippen molar-refractivity contribution in [1.82, 2.24) is 10.6 Å². The number of amides is 4. The molecule has 6 heteroatoms. The molecule has 0 aliphatic carbocycles. The molecule has 0 aliphatic rings. The van der Waals surface area contributed by atoms with E-state index in [0.29, 0.717) is 13.1 Å². The molecular weight excluding hydrogens is 352 g/mol. The Morgan fingerprint density at radius 2 is 0.893 bits per heavy atom. The van der Waals surface area contributed by atoms with E-state index >= 15 is 0 Å². The second kappa shape index (κ2) is 9.78. The van der Waals surface area contributed by atoms with Crippen LogP contribution < -0.4 is 21.3 Å². The van der Waals surface area contributed by atoms with E-state index in [0.717, 1.165) is 22.5 Å². The summed E-state index contributed by atoms with van der Waals surface area (Å²) < 4.78 is 0. The van der Waals surface area contributed by atoms with Crippen molar-refractivity contribution in [2.24, 2.45) is 0 Å². The van der Waals surface area contributed by atoms with Crippen LogP contribution in [-0.4, -0.2) is 12.1 Å². The van der Waals surface area contributed by atoms with Gasteiger partial charge in [-0.2, -0.15) is 0 Å². The SMILES string of the molecule is O=C(NCc1ccc(CNC(=O)Nc2ccccc2)cc1)Nc1ccccc1. The number of hydrogen-bond acceptors (Lipinski definition) is 2. The molecule has 0 fully saturated rings. The van der Waals surface area contributed by atoms with E-state index in [1.165, 1.54) is 0 Å². The molecule has 0 radical (unpaired) electrons. The van der Waals surface area contributed by atoms with Gasteiger partial charge in [-0.1, -0.05) is 60.7 Å². The van der Waals surface area contributed by atoms with Crippen molar-refractivity contribution >= 4 is 23.4 Å². The fraction of sp³-hybridized carbons (Fsp3) is 0.0909. The van der Waals surface area contributed by atoms with Gasteiger partial charge in [0.05, 0.1) is 0 Å². The lowest BCUT2D eigenvalue weighted by atomic mass is 10.1. The number of nitrogens with one attached hydrogen (secondary N) is 4. The van der Waals surface area contributed by atoms with E-state index in [-0.39, 0.29) is 12.1 Å². The minimum atomic E-state index is -0.255. The highest BCUT2D eigenvalue weighted by molar-refractivity contribution is 5.89. The molecule has 3 rings (SSSR count). The number of urea groups is 2. The zero-order valence-electron chi connectivity index (χ0n) is 15.3. The average molecular weight is 374 g/mol. The van der Waals surface area contributed by atoms with Crippen molar-refractivity contribution < 1.29 is 9.59 Å². The highest BCUT2D eigenvalue weighted by Gasteiger charge is 2.03. The number of para-hydroxylation sites is 2. The maximum atomic E-state index is 11.9. The van der Waals surface area contributed by atoms with Crippen molar-refractivity contribution in [3.05, 3.63) is 96.1 Å². The number of hydrogen-bond donors (Lipinski definition) is 4. The quantitative estimate of drug-likeness (QED) is 0.518. The molecule has 28 heavy (non-hydrogen) atoms. The Morgan fingerprint density at radius 1 is 0.536 bits per heavy atom. The van der Waals surface area contributed by atoms with E-state index in [1.807, 2.05) is 84.9 Å². The summed E-state index contributed by atoms with van der Waals surface area (Å²) >= 11 is 0. The first kappa shape index (κ1) is 19.0. The van der Waals surface area contributed by atoms with Crippen LogP contribution in [0.3, 0.4) is 0 Å². The summed E-state index contributed by atoms with van der Waals surface area (Å²) in [6, 6.07) is 25.7. The summed E-state index contributed by atoms with van der Waals surface area (Å²) in [7, 11) is 0. The third-order valence-corrected chi connectivity index (χ3v) is 3.99. The van der Waals surface area contributed by atoms with Crippen LogP contribution >= 0.6 is 0 Å². The zero-order chi connectivity index (χ0) is 19.6. The van der Waals surface area contributed by atoms with Crippen LogP contribution in [0.4, 0.5) is 21.0 Å². The summed E-state index contributed by atoms with van der Waals surface area (Å²) in [6.45, 7) is 0.835. The Labute approximate surface area is 164 Å². The molecule has 4 N–H and O–H groups in total. The molecule has 0 aromatic heterocycles. The number of carbonyl (C=O) groups is 2. The Bertz CT molecular complexity index is 820. The molecule has 3 aromatic carbocycles. The van der Waals surface area contributed by atoms with Crippen LogP contribution in [0.5, 0.6) is 0 Å². The summed E-state index contributed by atoms with van der Waals surface area (Å²) in [5.41, 5.74) is 3.44. The van der Waals surface area contributed by atoms with Gasteiger partial charge in [-0.05, 0) is 35.4 Å².